The molecule has 0 unspecified atom stereocenters. The van der Waals surface area contributed by atoms with Gasteiger partial charge in [0.25, 0.3) is 0 Å². The van der Waals surface area contributed by atoms with E-state index in [1.165, 1.54) is 4.90 Å². The summed E-state index contributed by atoms with van der Waals surface area (Å²) in [7, 11) is 1.57. The van der Waals surface area contributed by atoms with Crippen LogP contribution in [0.2, 0.25) is 0 Å². The molecular formula is C39H40N3O6+. The first-order chi connectivity index (χ1) is 23.1. The van der Waals surface area contributed by atoms with Gasteiger partial charge in [-0.25, -0.2) is 0 Å². The minimum Gasteiger partial charge on any atom is -0.497 e. The molecule has 2 saturated carbocycles. The number of aliphatic hydroxyl groups is 1. The van der Waals surface area contributed by atoms with Gasteiger partial charge < -0.3 is 29.0 Å². The third kappa shape index (κ3) is 5.16. The van der Waals surface area contributed by atoms with Crippen molar-refractivity contribution < 1.29 is 28.8 Å². The number of ether oxygens (including phenoxy) is 4. The molecular weight excluding hydrogens is 606 g/mol. The third-order valence-electron chi connectivity index (χ3n) is 11.4. The molecule has 1 heterocycles. The standard InChI is InChI=1S/C39H39N3O6/c1-38(2)30-17-19-39(38,3)33(27-11-10-25-7-5-6-8-26(25)22-27)35(30)48-37(44)34(41-40)36(43)42(28-12-14-29(45-4)15-13-28)20-18-24-9-16-31-32(21-24)47-23-46-31/h5-16,21-22,30,33,35H,17-20,23H2,1-4H3/p+1/t30-,33-,35-,39+/m0/s1. The van der Waals surface area contributed by atoms with Crippen LogP contribution in [0.1, 0.15) is 50.7 Å². The molecule has 246 valence electrons. The monoisotopic (exact) mass is 646 g/mol. The summed E-state index contributed by atoms with van der Waals surface area (Å²) >= 11 is 0. The molecule has 4 aromatic carbocycles. The Hall–Kier alpha value is -5.23. The quantitative estimate of drug-likeness (QED) is 0.111. The number of diazo groups is 1. The molecule has 4 atom stereocenters. The van der Waals surface area contributed by atoms with Crippen LogP contribution in [0.3, 0.4) is 0 Å². The van der Waals surface area contributed by atoms with Crippen LogP contribution in [0, 0.1) is 22.1 Å². The van der Waals surface area contributed by atoms with E-state index in [-0.39, 0.29) is 36.0 Å². The van der Waals surface area contributed by atoms with Gasteiger partial charge in [-0.15, -0.1) is 0 Å². The van der Waals surface area contributed by atoms with Gasteiger partial charge in [-0.1, -0.05) is 69.3 Å². The Morgan fingerprint density at radius 1 is 0.979 bits per heavy atom. The first-order valence-corrected chi connectivity index (χ1v) is 16.4. The van der Waals surface area contributed by atoms with E-state index < -0.39 is 23.7 Å². The highest BCUT2D eigenvalue weighted by Crippen LogP contribution is 2.71. The Morgan fingerprint density at radius 3 is 2.48 bits per heavy atom. The summed E-state index contributed by atoms with van der Waals surface area (Å²) in [6, 6.07) is 27.4. The number of fused-ring (bicyclic) bond motifs is 4. The molecule has 0 spiro atoms. The molecule has 0 aromatic heterocycles. The van der Waals surface area contributed by atoms with Crippen molar-refractivity contribution in [3.63, 3.8) is 0 Å². The maximum atomic E-state index is 14.2. The summed E-state index contributed by atoms with van der Waals surface area (Å²) in [5, 5.41) is 24.0. The van der Waals surface area contributed by atoms with Crippen molar-refractivity contribution >= 4 is 22.4 Å². The average Bonchev–Trinajstić information content (AvgIpc) is 3.70. The fourth-order valence-corrected chi connectivity index (χ4v) is 8.33. The number of anilines is 1. The molecule has 1 amide bonds. The molecule has 1 aliphatic heterocycles. The summed E-state index contributed by atoms with van der Waals surface area (Å²) in [4.78, 5) is 19.0. The smallest absolute Gasteiger partial charge is 0.497 e. The second kappa shape index (κ2) is 12.1. The van der Waals surface area contributed by atoms with Gasteiger partial charge in [0.05, 0.1) is 7.11 Å². The zero-order chi connectivity index (χ0) is 33.6. The number of methoxy groups -OCH3 is 1. The van der Waals surface area contributed by atoms with Crippen LogP contribution in [0.15, 0.2) is 96.6 Å². The first-order valence-electron chi connectivity index (χ1n) is 16.4. The molecule has 48 heavy (non-hydrogen) atoms. The zero-order valence-corrected chi connectivity index (χ0v) is 27.7. The van der Waals surface area contributed by atoms with Crippen LogP contribution in [0.25, 0.3) is 15.7 Å². The number of benzene rings is 4. The van der Waals surface area contributed by atoms with Crippen LogP contribution in [0.4, 0.5) is 5.69 Å². The molecule has 1 N–H and O–H groups in total. The number of hydrogen-bond donors (Lipinski definition) is 1. The van der Waals surface area contributed by atoms with Crippen LogP contribution in [-0.4, -0.2) is 37.6 Å². The summed E-state index contributed by atoms with van der Waals surface area (Å²) in [6.07, 6.45) is 1.97. The maximum absolute atomic E-state index is 14.2. The van der Waals surface area contributed by atoms with E-state index in [0.717, 1.165) is 34.7 Å². The van der Waals surface area contributed by atoms with Crippen molar-refractivity contribution in [3.05, 3.63) is 113 Å². The number of rotatable bonds is 9. The Labute approximate surface area is 280 Å². The SMILES string of the molecule is COc1ccc(N(CCc2ccc3c(c2)OCO3)C(=O)/C([N+]#N)=C(\O)O[C@H]2[C@@H]3CC[C@](C)([C@H]2c2ccc4ccccc4c2)C3(C)C)cc1. The normalized spacial score (nSPS) is 23.8. The summed E-state index contributed by atoms with van der Waals surface area (Å²) in [5.41, 5.74) is 1.81. The number of hydrogen-bond acceptors (Lipinski definition) is 7. The van der Waals surface area contributed by atoms with E-state index in [2.05, 4.69) is 56.1 Å². The molecule has 9 nitrogen and oxygen atoms in total. The van der Waals surface area contributed by atoms with Gasteiger partial charge in [0, 0.05) is 24.1 Å². The number of carbonyl (C=O) groups is 1. The molecule has 9 heteroatoms. The molecule has 3 aliphatic rings. The van der Waals surface area contributed by atoms with Crippen molar-refractivity contribution in [2.45, 2.75) is 52.1 Å². The zero-order valence-electron chi connectivity index (χ0n) is 27.7. The van der Waals surface area contributed by atoms with Crippen molar-refractivity contribution in [2.24, 2.45) is 16.7 Å². The molecule has 2 bridgehead atoms. The summed E-state index contributed by atoms with van der Waals surface area (Å²) in [6.45, 7) is 7.23. The highest BCUT2D eigenvalue weighted by Gasteiger charge is 2.67. The second-order valence-electron chi connectivity index (χ2n) is 13.8. The van der Waals surface area contributed by atoms with Crippen LogP contribution < -0.4 is 19.1 Å². The van der Waals surface area contributed by atoms with Gasteiger partial charge in [0.1, 0.15) is 11.9 Å². The summed E-state index contributed by atoms with van der Waals surface area (Å²) < 4.78 is 22.7. The Balaban J connectivity index is 1.21. The molecule has 0 saturated heterocycles. The van der Waals surface area contributed by atoms with Crippen LogP contribution in [0.5, 0.6) is 17.2 Å². The van der Waals surface area contributed by atoms with Crippen molar-refractivity contribution in [3.8, 4) is 17.2 Å². The van der Waals surface area contributed by atoms with Gasteiger partial charge in [-0.05, 0) is 88.4 Å². The highest BCUT2D eigenvalue weighted by atomic mass is 16.7. The average molecular weight is 647 g/mol. The molecule has 0 radical (unpaired) electrons. The topological polar surface area (TPSA) is 106 Å². The van der Waals surface area contributed by atoms with E-state index in [0.29, 0.717) is 29.4 Å². The van der Waals surface area contributed by atoms with Gasteiger partial charge >= 0.3 is 17.5 Å². The number of nitrogens with zero attached hydrogens (tertiary/aromatic N) is 3. The molecule has 2 fully saturated rings. The van der Waals surface area contributed by atoms with Crippen molar-refractivity contribution in [1.29, 1.82) is 5.39 Å². The lowest BCUT2D eigenvalue weighted by Gasteiger charge is -2.40. The fourth-order valence-electron chi connectivity index (χ4n) is 8.33. The summed E-state index contributed by atoms with van der Waals surface area (Å²) in [5.74, 6) is 0.617. The fraction of sp³-hybridized carbons (Fsp3) is 0.359. The van der Waals surface area contributed by atoms with E-state index >= 15 is 0 Å². The minimum absolute atomic E-state index is 0.0586. The lowest BCUT2D eigenvalue weighted by molar-refractivity contribution is -0.115. The van der Waals surface area contributed by atoms with E-state index in [1.54, 1.807) is 31.4 Å². The van der Waals surface area contributed by atoms with Gasteiger partial charge in [-0.2, -0.15) is 0 Å². The van der Waals surface area contributed by atoms with Crippen LogP contribution >= 0.6 is 0 Å². The highest BCUT2D eigenvalue weighted by molar-refractivity contribution is 6.06. The predicted octanol–water partition coefficient (Wildman–Crippen LogP) is 8.36. The third-order valence-corrected chi connectivity index (χ3v) is 11.4. The Bertz CT molecular complexity index is 1950. The number of aliphatic hydroxyl groups excluding tert-OH is 1. The molecule has 7 rings (SSSR count). The molecule has 2 aliphatic carbocycles. The Kier molecular flexibility index (Phi) is 7.90. The lowest BCUT2D eigenvalue weighted by atomic mass is 9.64. The Morgan fingerprint density at radius 2 is 1.73 bits per heavy atom. The van der Waals surface area contributed by atoms with E-state index in [1.807, 2.05) is 30.3 Å². The maximum Gasteiger partial charge on any atom is 0.527 e. The second-order valence-corrected chi connectivity index (χ2v) is 13.8. The molecule has 4 aromatic rings. The van der Waals surface area contributed by atoms with Gasteiger partial charge in [0.2, 0.25) is 12.2 Å². The largest absolute Gasteiger partial charge is 0.527 e. The van der Waals surface area contributed by atoms with Crippen molar-refractivity contribution in [2.75, 3.05) is 25.3 Å². The van der Waals surface area contributed by atoms with E-state index in [4.69, 9.17) is 18.9 Å². The van der Waals surface area contributed by atoms with Crippen molar-refractivity contribution in [1.82, 2.24) is 0 Å². The lowest BCUT2D eigenvalue weighted by Crippen LogP contribution is -2.36. The number of carbonyl (C=O) groups excluding carboxylic acids is 1. The minimum atomic E-state index is -0.697. The predicted molar refractivity (Wildman–Crippen MR) is 183 cm³/mol. The van der Waals surface area contributed by atoms with Gasteiger partial charge in [-0.3, -0.25) is 4.79 Å². The van der Waals surface area contributed by atoms with E-state index in [9.17, 15) is 15.3 Å². The first kappa shape index (κ1) is 31.4. The number of amides is 1. The van der Waals surface area contributed by atoms with Crippen LogP contribution in [-0.2, 0) is 16.0 Å². The van der Waals surface area contributed by atoms with Gasteiger partial charge in [0.15, 0.2) is 16.5 Å².